The Morgan fingerprint density at radius 3 is 2.69 bits per heavy atom. The molecule has 1 amide bonds. The summed E-state index contributed by atoms with van der Waals surface area (Å²) in [5.41, 5.74) is 1.77. The van der Waals surface area contributed by atoms with Gasteiger partial charge in [-0.25, -0.2) is 0 Å². The lowest BCUT2D eigenvalue weighted by Crippen LogP contribution is -2.13. The number of anilines is 1. The van der Waals surface area contributed by atoms with Crippen LogP contribution in [0.4, 0.5) is 5.13 Å². The number of nitrogens with zero attached hydrogens (tertiary/aromatic N) is 4. The number of carbonyl (C=O) groups is 1. The van der Waals surface area contributed by atoms with E-state index in [1.54, 1.807) is 13.2 Å². The summed E-state index contributed by atoms with van der Waals surface area (Å²) in [7, 11) is 1.63. The summed E-state index contributed by atoms with van der Waals surface area (Å²) in [6.07, 6.45) is 6.44. The van der Waals surface area contributed by atoms with Crippen LogP contribution in [0, 0.1) is 11.3 Å². The van der Waals surface area contributed by atoms with Gasteiger partial charge in [-0.3, -0.25) is 10.1 Å². The highest BCUT2D eigenvalue weighted by atomic mass is 32.1. The maximum Gasteiger partial charge on any atom is 0.268 e. The van der Waals surface area contributed by atoms with Gasteiger partial charge in [0.2, 0.25) is 5.13 Å². The van der Waals surface area contributed by atoms with E-state index < -0.39 is 5.91 Å². The molecule has 8 nitrogen and oxygen atoms in total. The number of hydrogen-bond acceptors (Lipinski definition) is 7. The molecule has 0 aliphatic carbocycles. The molecule has 1 N–H and O–H groups in total. The fourth-order valence-corrected chi connectivity index (χ4v) is 4.49. The minimum absolute atomic E-state index is 0.00214. The molecule has 36 heavy (non-hydrogen) atoms. The van der Waals surface area contributed by atoms with Gasteiger partial charge in [0.15, 0.2) is 0 Å². The number of nitrogens with one attached hydrogen (secondary N) is 1. The number of unbranched alkanes of at least 4 members (excludes halogenated alkanes) is 1. The molecule has 0 unspecified atom stereocenters. The van der Waals surface area contributed by atoms with Gasteiger partial charge in [-0.05, 0) is 42.8 Å². The van der Waals surface area contributed by atoms with Gasteiger partial charge in [-0.1, -0.05) is 42.9 Å². The molecule has 184 valence electrons. The number of para-hydroxylation sites is 1. The zero-order chi connectivity index (χ0) is 25.3. The van der Waals surface area contributed by atoms with Gasteiger partial charge in [-0.2, -0.15) is 5.26 Å². The normalized spacial score (nSPS) is 11.3. The van der Waals surface area contributed by atoms with Crippen LogP contribution in [-0.2, 0) is 17.8 Å². The number of fused-ring (bicyclic) bond motifs is 1. The first-order valence-electron chi connectivity index (χ1n) is 11.7. The molecule has 0 fully saturated rings. The molecule has 0 spiro atoms. The Kier molecular flexibility index (Phi) is 8.32. The maximum absolute atomic E-state index is 12.8. The SMILES string of the molecule is CCCCc1nnc(NC(=O)C(C#N)=Cc2cn(CCOc3ccc(OC)cc3)c3ccccc23)s1. The van der Waals surface area contributed by atoms with E-state index >= 15 is 0 Å². The van der Waals surface area contributed by atoms with Crippen molar-refractivity contribution in [1.29, 1.82) is 5.26 Å². The predicted octanol–water partition coefficient (Wildman–Crippen LogP) is 5.47. The van der Waals surface area contributed by atoms with Crippen molar-refractivity contribution in [2.24, 2.45) is 0 Å². The van der Waals surface area contributed by atoms with Crippen LogP contribution >= 0.6 is 11.3 Å². The Balaban J connectivity index is 1.48. The highest BCUT2D eigenvalue weighted by molar-refractivity contribution is 7.15. The molecule has 2 aromatic carbocycles. The van der Waals surface area contributed by atoms with Crippen molar-refractivity contribution >= 4 is 39.4 Å². The Hall–Kier alpha value is -4.16. The van der Waals surface area contributed by atoms with Gasteiger partial charge < -0.3 is 14.0 Å². The first-order valence-corrected chi connectivity index (χ1v) is 12.5. The molecular formula is C27H27N5O3S. The van der Waals surface area contributed by atoms with E-state index in [2.05, 4.69) is 27.0 Å². The quantitative estimate of drug-likeness (QED) is 0.216. The summed E-state index contributed by atoms with van der Waals surface area (Å²) in [4.78, 5) is 12.8. The number of carbonyl (C=O) groups excluding carboxylic acids is 1. The van der Waals surface area contributed by atoms with Crippen molar-refractivity contribution in [3.63, 3.8) is 0 Å². The summed E-state index contributed by atoms with van der Waals surface area (Å²) in [6, 6.07) is 17.3. The van der Waals surface area contributed by atoms with Gasteiger partial charge in [0.1, 0.15) is 34.8 Å². The van der Waals surface area contributed by atoms with E-state index in [-0.39, 0.29) is 5.57 Å². The highest BCUT2D eigenvalue weighted by Crippen LogP contribution is 2.25. The molecule has 0 bridgehead atoms. The molecule has 4 aromatic rings. The summed E-state index contributed by atoms with van der Waals surface area (Å²) >= 11 is 1.34. The minimum Gasteiger partial charge on any atom is -0.497 e. The van der Waals surface area contributed by atoms with Crippen molar-refractivity contribution in [1.82, 2.24) is 14.8 Å². The topological polar surface area (TPSA) is 102 Å². The smallest absolute Gasteiger partial charge is 0.268 e. The van der Waals surface area contributed by atoms with Crippen molar-refractivity contribution in [3.8, 4) is 17.6 Å². The van der Waals surface area contributed by atoms with Crippen LogP contribution in [-0.4, -0.2) is 34.4 Å². The molecule has 0 radical (unpaired) electrons. The number of ether oxygens (including phenoxy) is 2. The zero-order valence-corrected chi connectivity index (χ0v) is 21.0. The molecule has 0 aliphatic rings. The molecule has 0 atom stereocenters. The van der Waals surface area contributed by atoms with Gasteiger partial charge in [0.25, 0.3) is 5.91 Å². The fourth-order valence-electron chi connectivity index (χ4n) is 3.71. The highest BCUT2D eigenvalue weighted by Gasteiger charge is 2.15. The predicted molar refractivity (Wildman–Crippen MR) is 141 cm³/mol. The van der Waals surface area contributed by atoms with Crippen molar-refractivity contribution < 1.29 is 14.3 Å². The minimum atomic E-state index is -0.504. The number of aryl methyl sites for hydroxylation is 1. The van der Waals surface area contributed by atoms with Crippen molar-refractivity contribution in [2.45, 2.75) is 32.7 Å². The first kappa shape index (κ1) is 24.9. The van der Waals surface area contributed by atoms with Crippen molar-refractivity contribution in [2.75, 3.05) is 19.0 Å². The number of methoxy groups -OCH3 is 1. The molecule has 4 rings (SSSR count). The standard InChI is InChI=1S/C27H27N5O3S/c1-3-4-9-25-30-31-27(36-25)29-26(33)19(17-28)16-20-18-32(24-8-6-5-7-23(20)24)14-15-35-22-12-10-21(34-2)11-13-22/h5-8,10-13,16,18H,3-4,9,14-15H2,1-2H3,(H,29,31,33). The monoisotopic (exact) mass is 501 g/mol. The fraction of sp³-hybridized carbons (Fsp3) is 0.259. The molecule has 0 saturated heterocycles. The molecule has 9 heteroatoms. The second-order valence-corrected chi connectivity index (χ2v) is 9.11. The van der Waals surface area contributed by atoms with E-state index in [1.165, 1.54) is 11.3 Å². The van der Waals surface area contributed by atoms with E-state index in [4.69, 9.17) is 9.47 Å². The van der Waals surface area contributed by atoms with Gasteiger partial charge in [0, 0.05) is 29.1 Å². The molecule has 0 aliphatic heterocycles. The number of rotatable bonds is 11. The van der Waals surface area contributed by atoms with E-state index in [0.29, 0.717) is 18.3 Å². The lowest BCUT2D eigenvalue weighted by molar-refractivity contribution is -0.112. The summed E-state index contributed by atoms with van der Waals surface area (Å²) < 4.78 is 13.1. The zero-order valence-electron chi connectivity index (χ0n) is 20.2. The molecule has 2 aromatic heterocycles. The average Bonchev–Trinajstić information content (AvgIpc) is 3.50. The molecule has 0 saturated carbocycles. The van der Waals surface area contributed by atoms with E-state index in [1.807, 2.05) is 60.8 Å². The summed E-state index contributed by atoms with van der Waals surface area (Å²) in [5.74, 6) is 1.02. The Bertz CT molecular complexity index is 1400. The lowest BCUT2D eigenvalue weighted by atomic mass is 10.1. The second-order valence-electron chi connectivity index (χ2n) is 8.05. The lowest BCUT2D eigenvalue weighted by Gasteiger charge is -2.09. The number of nitriles is 1. The third-order valence-electron chi connectivity index (χ3n) is 5.58. The van der Waals surface area contributed by atoms with Crippen LogP contribution in [0.5, 0.6) is 11.5 Å². The Labute approximate surface area is 213 Å². The van der Waals surface area contributed by atoms with Crippen LogP contribution in [0.15, 0.2) is 60.3 Å². The number of amides is 1. The van der Waals surface area contributed by atoms with Gasteiger partial charge in [0.05, 0.1) is 13.7 Å². The van der Waals surface area contributed by atoms with Crippen LogP contribution in [0.1, 0.15) is 30.3 Å². The second kappa shape index (κ2) is 12.0. The maximum atomic E-state index is 12.8. The average molecular weight is 502 g/mol. The molecule has 2 heterocycles. The number of benzene rings is 2. The van der Waals surface area contributed by atoms with E-state index in [9.17, 15) is 10.1 Å². The molecular weight excluding hydrogens is 474 g/mol. The summed E-state index contributed by atoms with van der Waals surface area (Å²) in [5, 5.41) is 22.7. The largest absolute Gasteiger partial charge is 0.497 e. The summed E-state index contributed by atoms with van der Waals surface area (Å²) in [6.45, 7) is 3.16. The van der Waals surface area contributed by atoms with Gasteiger partial charge >= 0.3 is 0 Å². The number of hydrogen-bond donors (Lipinski definition) is 1. The van der Waals surface area contributed by atoms with Crippen molar-refractivity contribution in [3.05, 3.63) is 70.9 Å². The third kappa shape index (κ3) is 6.09. The Morgan fingerprint density at radius 1 is 1.17 bits per heavy atom. The first-order chi connectivity index (χ1) is 17.6. The van der Waals surface area contributed by atoms with E-state index in [0.717, 1.165) is 52.2 Å². The van der Waals surface area contributed by atoms with Crippen LogP contribution in [0.3, 0.4) is 0 Å². The third-order valence-corrected chi connectivity index (χ3v) is 6.47. The number of aromatic nitrogens is 3. The van der Waals surface area contributed by atoms with Crippen LogP contribution in [0.2, 0.25) is 0 Å². The van der Waals surface area contributed by atoms with Crippen LogP contribution in [0.25, 0.3) is 17.0 Å². The Morgan fingerprint density at radius 2 is 1.94 bits per heavy atom. The van der Waals surface area contributed by atoms with Crippen LogP contribution < -0.4 is 14.8 Å². The van der Waals surface area contributed by atoms with Gasteiger partial charge in [-0.15, -0.1) is 10.2 Å².